The highest BCUT2D eigenvalue weighted by atomic mass is 16.5. The van der Waals surface area contributed by atoms with E-state index in [1.54, 1.807) is 4.90 Å². The quantitative estimate of drug-likeness (QED) is 0.760. The van der Waals surface area contributed by atoms with Crippen molar-refractivity contribution in [1.82, 2.24) is 30.3 Å². The summed E-state index contributed by atoms with van der Waals surface area (Å²) in [6, 6.07) is 9.09. The highest BCUT2D eigenvalue weighted by Crippen LogP contribution is 2.32. The maximum absolute atomic E-state index is 12.8. The number of urea groups is 1. The van der Waals surface area contributed by atoms with Crippen LogP contribution in [0.5, 0.6) is 0 Å². The molecule has 0 aliphatic carbocycles. The van der Waals surface area contributed by atoms with Crippen LogP contribution in [0.2, 0.25) is 0 Å². The number of hydrogen-bond acceptors (Lipinski definition) is 6. The molecule has 0 saturated carbocycles. The first-order valence-corrected chi connectivity index (χ1v) is 9.03. The third-order valence-electron chi connectivity index (χ3n) is 4.60. The number of aryl methyl sites for hydroxylation is 2. The first-order valence-electron chi connectivity index (χ1n) is 9.03. The zero-order valence-electron chi connectivity index (χ0n) is 15.3. The summed E-state index contributed by atoms with van der Waals surface area (Å²) in [5.74, 6) is 1.26. The minimum atomic E-state index is -0.158. The van der Waals surface area contributed by atoms with E-state index in [1.807, 2.05) is 44.2 Å². The Morgan fingerprint density at radius 1 is 1.37 bits per heavy atom. The number of nitrogens with one attached hydrogen (secondary N) is 1. The van der Waals surface area contributed by atoms with Crippen molar-refractivity contribution in [1.29, 1.82) is 0 Å². The van der Waals surface area contributed by atoms with Crippen LogP contribution in [0.15, 0.2) is 34.9 Å². The van der Waals surface area contributed by atoms with Crippen molar-refractivity contribution < 1.29 is 9.32 Å². The molecule has 1 aromatic carbocycles. The van der Waals surface area contributed by atoms with E-state index in [0.717, 1.165) is 29.9 Å². The van der Waals surface area contributed by atoms with Gasteiger partial charge in [-0.05, 0) is 44.0 Å². The van der Waals surface area contributed by atoms with Crippen molar-refractivity contribution in [2.24, 2.45) is 0 Å². The third kappa shape index (κ3) is 3.53. The number of carbonyl (C=O) groups is 1. The summed E-state index contributed by atoms with van der Waals surface area (Å²) in [5.41, 5.74) is 2.30. The van der Waals surface area contributed by atoms with Crippen LogP contribution in [0.4, 0.5) is 10.5 Å². The molecule has 2 amide bonds. The number of likely N-dealkylation sites (tertiary alicyclic amines) is 1. The average molecular weight is 367 g/mol. The molecule has 9 nitrogen and oxygen atoms in total. The summed E-state index contributed by atoms with van der Waals surface area (Å²) >= 11 is 0. The molecule has 3 aromatic rings. The molecule has 0 spiro atoms. The fourth-order valence-electron chi connectivity index (χ4n) is 3.27. The van der Waals surface area contributed by atoms with Crippen LogP contribution >= 0.6 is 0 Å². The van der Waals surface area contributed by atoms with E-state index >= 15 is 0 Å². The van der Waals surface area contributed by atoms with Crippen LogP contribution in [0.1, 0.15) is 37.3 Å². The van der Waals surface area contributed by atoms with Gasteiger partial charge in [-0.3, -0.25) is 0 Å². The van der Waals surface area contributed by atoms with Gasteiger partial charge in [0, 0.05) is 23.9 Å². The number of hydrogen-bond donors (Lipinski definition) is 1. The van der Waals surface area contributed by atoms with Crippen LogP contribution in [0.3, 0.4) is 0 Å². The zero-order chi connectivity index (χ0) is 18.8. The highest BCUT2D eigenvalue weighted by molar-refractivity contribution is 5.90. The van der Waals surface area contributed by atoms with Crippen molar-refractivity contribution in [2.75, 3.05) is 11.9 Å². The minimum absolute atomic E-state index is 0.0829. The first-order chi connectivity index (χ1) is 13.1. The van der Waals surface area contributed by atoms with E-state index in [0.29, 0.717) is 24.6 Å². The van der Waals surface area contributed by atoms with E-state index in [2.05, 4.69) is 25.9 Å². The van der Waals surface area contributed by atoms with Gasteiger partial charge < -0.3 is 14.7 Å². The predicted octanol–water partition coefficient (Wildman–Crippen LogP) is 3.03. The smallest absolute Gasteiger partial charge is 0.322 e. The van der Waals surface area contributed by atoms with E-state index in [-0.39, 0.29) is 12.1 Å². The standard InChI is InChI=1S/C18H21N7O2/c1-3-25-21-17(20-23-25)13-6-4-7-14(11-13)19-18(26)24-9-5-8-15(24)16-10-12(2)22-27-16/h4,6-7,10-11,15H,3,5,8-9H2,1-2H3,(H,19,26). The van der Waals surface area contributed by atoms with Crippen LogP contribution < -0.4 is 5.32 Å². The molecule has 9 heteroatoms. The minimum Gasteiger partial charge on any atom is -0.359 e. The normalized spacial score (nSPS) is 16.7. The number of tetrazole rings is 1. The Balaban J connectivity index is 1.50. The molecule has 0 bridgehead atoms. The molecular weight excluding hydrogens is 346 g/mol. The summed E-state index contributed by atoms with van der Waals surface area (Å²) in [6.45, 7) is 5.16. The second kappa shape index (κ2) is 7.18. The van der Waals surface area contributed by atoms with Gasteiger partial charge in [-0.25, -0.2) is 4.79 Å². The molecule has 27 heavy (non-hydrogen) atoms. The predicted molar refractivity (Wildman–Crippen MR) is 97.9 cm³/mol. The molecule has 1 fully saturated rings. The van der Waals surface area contributed by atoms with E-state index < -0.39 is 0 Å². The third-order valence-corrected chi connectivity index (χ3v) is 4.60. The number of aromatic nitrogens is 5. The molecule has 1 aliphatic heterocycles. The lowest BCUT2D eigenvalue weighted by Crippen LogP contribution is -2.34. The number of carbonyl (C=O) groups excluding carboxylic acids is 1. The maximum Gasteiger partial charge on any atom is 0.322 e. The van der Waals surface area contributed by atoms with Crippen molar-refractivity contribution >= 4 is 11.7 Å². The summed E-state index contributed by atoms with van der Waals surface area (Å²) in [7, 11) is 0. The second-order valence-electron chi connectivity index (χ2n) is 6.53. The van der Waals surface area contributed by atoms with Crippen LogP contribution in [0, 0.1) is 6.92 Å². The summed E-state index contributed by atoms with van der Waals surface area (Å²) < 4.78 is 5.37. The van der Waals surface area contributed by atoms with Crippen molar-refractivity contribution in [3.8, 4) is 11.4 Å². The molecule has 1 saturated heterocycles. The van der Waals surface area contributed by atoms with Crippen molar-refractivity contribution in [3.63, 3.8) is 0 Å². The topological polar surface area (TPSA) is 102 Å². The van der Waals surface area contributed by atoms with Crippen LogP contribution in [-0.4, -0.2) is 42.8 Å². The van der Waals surface area contributed by atoms with Crippen LogP contribution in [0.25, 0.3) is 11.4 Å². The summed E-state index contributed by atoms with van der Waals surface area (Å²) in [5, 5.41) is 19.2. The Bertz CT molecular complexity index is 949. The van der Waals surface area contributed by atoms with Gasteiger partial charge in [0.05, 0.1) is 18.3 Å². The fourth-order valence-corrected chi connectivity index (χ4v) is 3.27. The zero-order valence-corrected chi connectivity index (χ0v) is 15.3. The molecule has 2 aromatic heterocycles. The summed E-state index contributed by atoms with van der Waals surface area (Å²) in [6.07, 6.45) is 1.80. The fraction of sp³-hybridized carbons (Fsp3) is 0.389. The lowest BCUT2D eigenvalue weighted by Gasteiger charge is -2.23. The lowest BCUT2D eigenvalue weighted by molar-refractivity contribution is 0.195. The molecule has 1 N–H and O–H groups in total. The number of anilines is 1. The Morgan fingerprint density at radius 2 is 2.26 bits per heavy atom. The van der Waals surface area contributed by atoms with Gasteiger partial charge in [0.2, 0.25) is 5.82 Å². The largest absolute Gasteiger partial charge is 0.359 e. The molecule has 3 heterocycles. The van der Waals surface area contributed by atoms with Crippen LogP contribution in [-0.2, 0) is 6.54 Å². The number of rotatable bonds is 4. The van der Waals surface area contributed by atoms with Gasteiger partial charge in [-0.1, -0.05) is 17.3 Å². The van der Waals surface area contributed by atoms with E-state index in [9.17, 15) is 4.79 Å². The molecule has 1 aliphatic rings. The number of nitrogens with zero attached hydrogens (tertiary/aromatic N) is 6. The monoisotopic (exact) mass is 367 g/mol. The number of benzene rings is 1. The Morgan fingerprint density at radius 3 is 3.00 bits per heavy atom. The van der Waals surface area contributed by atoms with E-state index in [4.69, 9.17) is 4.52 Å². The van der Waals surface area contributed by atoms with Gasteiger partial charge >= 0.3 is 6.03 Å². The molecule has 140 valence electrons. The molecule has 1 atom stereocenters. The maximum atomic E-state index is 12.8. The Hall–Kier alpha value is -3.23. The SMILES string of the molecule is CCn1nnc(-c2cccc(NC(=O)N3CCCC3c3cc(C)no3)c2)n1. The molecule has 1 unspecified atom stereocenters. The highest BCUT2D eigenvalue weighted by Gasteiger charge is 2.32. The van der Waals surface area contributed by atoms with Gasteiger partial charge in [0.25, 0.3) is 0 Å². The lowest BCUT2D eigenvalue weighted by atomic mass is 10.1. The van der Waals surface area contributed by atoms with Gasteiger partial charge in [-0.15, -0.1) is 10.2 Å². The Labute approximate surface area is 156 Å². The van der Waals surface area contributed by atoms with Gasteiger partial charge in [0.1, 0.15) is 0 Å². The summed E-state index contributed by atoms with van der Waals surface area (Å²) in [4.78, 5) is 16.1. The van der Waals surface area contributed by atoms with Crippen molar-refractivity contribution in [2.45, 2.75) is 39.3 Å². The Kier molecular flexibility index (Phi) is 4.57. The van der Waals surface area contributed by atoms with Crippen molar-refractivity contribution in [3.05, 3.63) is 41.8 Å². The first kappa shape index (κ1) is 17.2. The molecular formula is C18H21N7O2. The van der Waals surface area contributed by atoms with E-state index in [1.165, 1.54) is 4.80 Å². The van der Waals surface area contributed by atoms with Gasteiger partial charge in [0.15, 0.2) is 5.76 Å². The average Bonchev–Trinajstić information content (AvgIpc) is 3.41. The number of amides is 2. The molecule has 0 radical (unpaired) electrons. The second-order valence-corrected chi connectivity index (χ2v) is 6.53. The molecule has 4 rings (SSSR count). The van der Waals surface area contributed by atoms with Gasteiger partial charge in [-0.2, -0.15) is 4.80 Å².